The Kier molecular flexibility index (Phi) is 12.4. The van der Waals surface area contributed by atoms with E-state index >= 15 is 0 Å². The predicted octanol–water partition coefficient (Wildman–Crippen LogP) is 3.79. The first-order chi connectivity index (χ1) is 26.4. The van der Waals surface area contributed by atoms with E-state index in [0.717, 1.165) is 55.6 Å². The van der Waals surface area contributed by atoms with Crippen molar-refractivity contribution in [2.75, 3.05) is 71.3 Å². The van der Waals surface area contributed by atoms with E-state index in [1.54, 1.807) is 23.1 Å². The molecule has 2 aromatic heterocycles. The molecular weight excluding hydrogens is 748 g/mol. The molecule has 1 unspecified atom stereocenters. The van der Waals surface area contributed by atoms with Crippen molar-refractivity contribution in [3.8, 4) is 17.0 Å². The second-order valence-corrected chi connectivity index (χ2v) is 14.6. The number of amides is 2. The largest absolute Gasteiger partial charge is 0.554 e. The zero-order valence-corrected chi connectivity index (χ0v) is 30.8. The molecular formula is C37H41ClF4N8O5. The number of likely N-dealkylation sites (tertiary alicyclic amines) is 1. The molecule has 2 amide bonds. The first-order valence-corrected chi connectivity index (χ1v) is 18.3. The summed E-state index contributed by atoms with van der Waals surface area (Å²) in [5.41, 5.74) is 1.00. The first kappa shape index (κ1) is 39.7. The van der Waals surface area contributed by atoms with Crippen molar-refractivity contribution in [2.24, 2.45) is 11.8 Å². The average molecular weight is 789 g/mol. The Morgan fingerprint density at radius 1 is 1.07 bits per heavy atom. The summed E-state index contributed by atoms with van der Waals surface area (Å²) in [6.45, 7) is 3.36. The van der Waals surface area contributed by atoms with Crippen LogP contribution in [0.25, 0.3) is 16.9 Å². The van der Waals surface area contributed by atoms with Crippen LogP contribution in [0.1, 0.15) is 29.6 Å². The fourth-order valence-electron chi connectivity index (χ4n) is 7.70. The summed E-state index contributed by atoms with van der Waals surface area (Å²) in [5.74, 6) is -2.85. The van der Waals surface area contributed by atoms with Crippen LogP contribution in [0, 0.1) is 23.5 Å². The number of carbonyl (C=O) groups is 3. The summed E-state index contributed by atoms with van der Waals surface area (Å²) >= 11 is 6.61. The standard InChI is InChI=1S/C36H39ClF4N8O3.CH2O2/c1-49(21-22-6-9-42-19-22)16-7-23(8-17-49)34(50)46-12-14-47(15-13-46)35(51)25-3-2-24(18-27(25)37)45-32-33-44-20-28(48(33)11-10-43-32)26-4-5-29(52-36(40)41)31(39)30(26)38;2-1-3/h2-5,10-11,18,20,22-23,36,42H,6-9,12-17,19,21H2,1H3;1H,(H,2,3). The predicted molar refractivity (Wildman–Crippen MR) is 193 cm³/mol. The highest BCUT2D eigenvalue weighted by Crippen LogP contribution is 2.33. The average Bonchev–Trinajstić information content (AvgIpc) is 3.84. The zero-order valence-electron chi connectivity index (χ0n) is 30.0. The van der Waals surface area contributed by atoms with Gasteiger partial charge in [-0.05, 0) is 43.3 Å². The van der Waals surface area contributed by atoms with Gasteiger partial charge in [0.05, 0.1) is 49.2 Å². The molecule has 3 aliphatic heterocycles. The van der Waals surface area contributed by atoms with Gasteiger partial charge in [-0.15, -0.1) is 0 Å². The Morgan fingerprint density at radius 3 is 2.44 bits per heavy atom. The molecule has 7 rings (SSSR count). The van der Waals surface area contributed by atoms with Crippen molar-refractivity contribution in [3.63, 3.8) is 0 Å². The van der Waals surface area contributed by atoms with Crippen molar-refractivity contribution < 1.29 is 46.3 Å². The third-order valence-electron chi connectivity index (χ3n) is 10.6. The van der Waals surface area contributed by atoms with Crippen molar-refractivity contribution in [3.05, 3.63) is 71.1 Å². The van der Waals surface area contributed by atoms with Crippen LogP contribution in [0.4, 0.5) is 29.1 Å². The van der Waals surface area contributed by atoms with Gasteiger partial charge in [-0.3, -0.25) is 14.0 Å². The van der Waals surface area contributed by atoms with Crippen molar-refractivity contribution in [2.45, 2.75) is 25.9 Å². The van der Waals surface area contributed by atoms with Gasteiger partial charge in [0.25, 0.3) is 5.91 Å². The number of nitrogens with zero attached hydrogens (tertiary/aromatic N) is 6. The third kappa shape index (κ3) is 8.95. The van der Waals surface area contributed by atoms with Crippen LogP contribution in [0.3, 0.4) is 0 Å². The lowest BCUT2D eigenvalue weighted by atomic mass is 9.92. The number of halogens is 5. The van der Waals surface area contributed by atoms with E-state index < -0.39 is 30.5 Å². The van der Waals surface area contributed by atoms with Gasteiger partial charge in [0.15, 0.2) is 23.0 Å². The maximum absolute atomic E-state index is 14.9. The number of imidazole rings is 1. The number of aromatic nitrogens is 3. The monoisotopic (exact) mass is 788 g/mol. The number of carboxylic acid groups (broad SMARTS) is 1. The maximum atomic E-state index is 14.9. The van der Waals surface area contributed by atoms with E-state index in [2.05, 4.69) is 32.4 Å². The molecule has 5 heterocycles. The van der Waals surface area contributed by atoms with Crippen LogP contribution in [-0.4, -0.2) is 120 Å². The highest BCUT2D eigenvalue weighted by molar-refractivity contribution is 6.34. The molecule has 1 atom stereocenters. The van der Waals surface area contributed by atoms with Gasteiger partial charge in [-0.1, -0.05) is 11.6 Å². The molecule has 2 aromatic carbocycles. The van der Waals surface area contributed by atoms with Crippen molar-refractivity contribution >= 4 is 47.0 Å². The minimum Gasteiger partial charge on any atom is -0.554 e. The smallest absolute Gasteiger partial charge is 0.387 e. The van der Waals surface area contributed by atoms with Gasteiger partial charge in [0, 0.05) is 87.5 Å². The number of piperidine rings is 1. The highest BCUT2D eigenvalue weighted by Gasteiger charge is 2.38. The molecule has 55 heavy (non-hydrogen) atoms. The molecule has 294 valence electrons. The first-order valence-electron chi connectivity index (χ1n) is 17.9. The van der Waals surface area contributed by atoms with Crippen LogP contribution in [0.5, 0.6) is 5.75 Å². The number of hydrogen-bond donors (Lipinski definition) is 2. The molecule has 3 saturated heterocycles. The number of hydrogen-bond acceptors (Lipinski definition) is 9. The lowest BCUT2D eigenvalue weighted by molar-refractivity contribution is -0.917. The molecule has 4 aromatic rings. The minimum absolute atomic E-state index is 0.0319. The number of carbonyl (C=O) groups excluding carboxylic acids is 3. The van der Waals surface area contributed by atoms with E-state index in [0.29, 0.717) is 43.3 Å². The van der Waals surface area contributed by atoms with Gasteiger partial charge in [0.2, 0.25) is 11.7 Å². The van der Waals surface area contributed by atoms with Crippen LogP contribution in [0.2, 0.25) is 5.02 Å². The summed E-state index contributed by atoms with van der Waals surface area (Å²) in [6.07, 6.45) is 7.23. The third-order valence-corrected chi connectivity index (χ3v) is 10.9. The summed E-state index contributed by atoms with van der Waals surface area (Å²) in [4.78, 5) is 47.4. The Balaban J connectivity index is 0.00000166. The van der Waals surface area contributed by atoms with Crippen LogP contribution < -0.4 is 20.5 Å². The molecule has 2 N–H and O–H groups in total. The number of piperazine rings is 1. The Hall–Kier alpha value is -5.00. The molecule has 13 nitrogen and oxygen atoms in total. The number of nitrogens with one attached hydrogen (secondary N) is 2. The SMILES string of the molecule is C[N+]1(CC2CCNC2)CCC(C(=O)N2CCN(C(=O)c3ccc(Nc4nccn5c(-c6ccc(OC(F)F)c(F)c6F)cnc45)cc3Cl)CC2)CC1.O=C[O-]. The molecule has 0 radical (unpaired) electrons. The number of anilines is 2. The number of rotatable bonds is 9. The van der Waals surface area contributed by atoms with Gasteiger partial charge < -0.3 is 39.6 Å². The van der Waals surface area contributed by atoms with Gasteiger partial charge in [-0.2, -0.15) is 13.2 Å². The molecule has 0 spiro atoms. The molecule has 3 fully saturated rings. The van der Waals surface area contributed by atoms with Crippen molar-refractivity contribution in [1.29, 1.82) is 0 Å². The molecule has 18 heteroatoms. The van der Waals surface area contributed by atoms with Crippen molar-refractivity contribution in [1.82, 2.24) is 29.5 Å². The van der Waals surface area contributed by atoms with Gasteiger partial charge in [0.1, 0.15) is 0 Å². The highest BCUT2D eigenvalue weighted by atomic mass is 35.5. The lowest BCUT2D eigenvalue weighted by Crippen LogP contribution is -2.56. The lowest BCUT2D eigenvalue weighted by Gasteiger charge is -2.43. The molecule has 0 aliphatic carbocycles. The Morgan fingerprint density at radius 2 is 1.78 bits per heavy atom. The maximum Gasteiger partial charge on any atom is 0.387 e. The summed E-state index contributed by atoms with van der Waals surface area (Å²) < 4.78 is 61.1. The van der Waals surface area contributed by atoms with E-state index in [9.17, 15) is 27.2 Å². The molecule has 3 aliphatic rings. The van der Waals surface area contributed by atoms with Crippen LogP contribution >= 0.6 is 11.6 Å². The zero-order chi connectivity index (χ0) is 39.3. The normalized spacial score (nSPS) is 21.3. The van der Waals surface area contributed by atoms with E-state index in [4.69, 9.17) is 21.5 Å². The second-order valence-electron chi connectivity index (χ2n) is 14.1. The second kappa shape index (κ2) is 17.2. The topological polar surface area (TPSA) is 144 Å². The Labute approximate surface area is 319 Å². The number of fused-ring (bicyclic) bond motifs is 1. The summed E-state index contributed by atoms with van der Waals surface area (Å²) in [7, 11) is 2.32. The number of benzene rings is 2. The minimum atomic E-state index is -3.31. The fourth-order valence-corrected chi connectivity index (χ4v) is 7.96. The molecule has 0 bridgehead atoms. The fraction of sp³-hybridized carbons (Fsp3) is 0.432. The van der Waals surface area contributed by atoms with E-state index in [1.165, 1.54) is 36.0 Å². The summed E-state index contributed by atoms with van der Waals surface area (Å²) in [5, 5.41) is 15.0. The van der Waals surface area contributed by atoms with E-state index in [-0.39, 0.29) is 45.5 Å². The Bertz CT molecular complexity index is 2010. The number of ether oxygens (including phenoxy) is 1. The van der Waals surface area contributed by atoms with E-state index in [1.807, 2.05) is 4.90 Å². The van der Waals surface area contributed by atoms with Gasteiger partial charge >= 0.3 is 6.61 Å². The molecule has 0 saturated carbocycles. The van der Waals surface area contributed by atoms with Gasteiger partial charge in [-0.25, -0.2) is 14.4 Å². The summed E-state index contributed by atoms with van der Waals surface area (Å²) in [6, 6.07) is 6.91. The number of alkyl halides is 2. The quantitative estimate of drug-likeness (QED) is 0.147. The van der Waals surface area contributed by atoms with Crippen LogP contribution in [0.15, 0.2) is 48.9 Å². The number of quaternary nitrogens is 1. The van der Waals surface area contributed by atoms with Crippen LogP contribution in [-0.2, 0) is 9.59 Å².